The lowest BCUT2D eigenvalue weighted by molar-refractivity contribution is 1.31. The van der Waals surface area contributed by atoms with Crippen LogP contribution < -0.4 is 10.6 Å². The Hall–Kier alpha value is -3.40. The SMILES string of the molecule is c1ccc(Nc2cccc3cccc(Nc4ccccn4)c23)nc1. The molecule has 2 heterocycles. The number of nitrogens with zero attached hydrogens (tertiary/aromatic N) is 2. The molecule has 24 heavy (non-hydrogen) atoms. The van der Waals surface area contributed by atoms with Gasteiger partial charge in [0.1, 0.15) is 11.6 Å². The summed E-state index contributed by atoms with van der Waals surface area (Å²) in [5.74, 6) is 1.63. The average molecular weight is 312 g/mol. The van der Waals surface area contributed by atoms with Gasteiger partial charge in [-0.1, -0.05) is 36.4 Å². The van der Waals surface area contributed by atoms with Crippen LogP contribution in [0.25, 0.3) is 10.8 Å². The highest BCUT2D eigenvalue weighted by molar-refractivity contribution is 6.04. The molecule has 2 aromatic carbocycles. The highest BCUT2D eigenvalue weighted by Crippen LogP contribution is 2.33. The van der Waals surface area contributed by atoms with Crippen LogP contribution in [0.1, 0.15) is 0 Å². The normalized spacial score (nSPS) is 10.5. The summed E-state index contributed by atoms with van der Waals surface area (Å²) in [6.07, 6.45) is 3.56. The number of rotatable bonds is 4. The zero-order valence-corrected chi connectivity index (χ0v) is 13.0. The number of fused-ring (bicyclic) bond motifs is 1. The molecule has 0 spiro atoms. The van der Waals surface area contributed by atoms with Crippen molar-refractivity contribution in [2.75, 3.05) is 10.6 Å². The molecule has 0 unspecified atom stereocenters. The molecule has 0 atom stereocenters. The summed E-state index contributed by atoms with van der Waals surface area (Å²) < 4.78 is 0. The molecule has 0 aliphatic carbocycles. The third-order valence-corrected chi connectivity index (χ3v) is 3.76. The van der Waals surface area contributed by atoms with Gasteiger partial charge in [0.05, 0.1) is 0 Å². The molecule has 0 bridgehead atoms. The Morgan fingerprint density at radius 3 is 1.54 bits per heavy atom. The summed E-state index contributed by atoms with van der Waals surface area (Å²) in [5, 5.41) is 9.06. The minimum atomic E-state index is 0.817. The zero-order chi connectivity index (χ0) is 16.2. The number of aromatic nitrogens is 2. The lowest BCUT2D eigenvalue weighted by atomic mass is 10.1. The van der Waals surface area contributed by atoms with E-state index in [0.717, 1.165) is 33.8 Å². The van der Waals surface area contributed by atoms with Gasteiger partial charge in [-0.05, 0) is 41.8 Å². The molecule has 4 aromatic rings. The quantitative estimate of drug-likeness (QED) is 0.549. The van der Waals surface area contributed by atoms with E-state index in [-0.39, 0.29) is 0 Å². The molecule has 0 radical (unpaired) electrons. The molecule has 2 N–H and O–H groups in total. The van der Waals surface area contributed by atoms with E-state index in [1.165, 1.54) is 0 Å². The molecule has 0 amide bonds. The molecule has 0 saturated carbocycles. The summed E-state index contributed by atoms with van der Waals surface area (Å²) in [5.41, 5.74) is 2.01. The van der Waals surface area contributed by atoms with Crippen molar-refractivity contribution in [3.05, 3.63) is 85.2 Å². The van der Waals surface area contributed by atoms with Crippen LogP contribution >= 0.6 is 0 Å². The fourth-order valence-electron chi connectivity index (χ4n) is 2.70. The largest absolute Gasteiger partial charge is 0.340 e. The molecule has 4 rings (SSSR count). The van der Waals surface area contributed by atoms with E-state index in [1.54, 1.807) is 12.4 Å². The third-order valence-electron chi connectivity index (χ3n) is 3.76. The molecular weight excluding hydrogens is 296 g/mol. The van der Waals surface area contributed by atoms with Crippen molar-refractivity contribution in [2.45, 2.75) is 0 Å². The third kappa shape index (κ3) is 2.90. The van der Waals surface area contributed by atoms with Gasteiger partial charge in [-0.25, -0.2) is 9.97 Å². The molecular formula is C20H16N4. The average Bonchev–Trinajstić information content (AvgIpc) is 2.64. The first-order chi connectivity index (χ1) is 11.9. The second-order valence-corrected chi connectivity index (χ2v) is 5.39. The van der Waals surface area contributed by atoms with Gasteiger partial charge in [0, 0.05) is 29.2 Å². The summed E-state index contributed by atoms with van der Waals surface area (Å²) in [7, 11) is 0. The minimum absolute atomic E-state index is 0.817. The molecule has 4 heteroatoms. The van der Waals surface area contributed by atoms with Crippen LogP contribution in [-0.2, 0) is 0 Å². The highest BCUT2D eigenvalue weighted by Gasteiger charge is 2.07. The maximum atomic E-state index is 4.35. The highest BCUT2D eigenvalue weighted by atomic mass is 15.0. The van der Waals surface area contributed by atoms with Crippen LogP contribution in [0.3, 0.4) is 0 Å². The van der Waals surface area contributed by atoms with Crippen molar-refractivity contribution < 1.29 is 0 Å². The Morgan fingerprint density at radius 1 is 0.542 bits per heavy atom. The van der Waals surface area contributed by atoms with Crippen molar-refractivity contribution in [2.24, 2.45) is 0 Å². The van der Waals surface area contributed by atoms with Crippen molar-refractivity contribution in [3.8, 4) is 0 Å². The van der Waals surface area contributed by atoms with Gasteiger partial charge < -0.3 is 10.6 Å². The van der Waals surface area contributed by atoms with Gasteiger partial charge >= 0.3 is 0 Å². The lowest BCUT2D eigenvalue weighted by Crippen LogP contribution is -1.98. The van der Waals surface area contributed by atoms with Crippen LogP contribution in [0, 0.1) is 0 Å². The van der Waals surface area contributed by atoms with E-state index in [1.807, 2.05) is 48.5 Å². The van der Waals surface area contributed by atoms with E-state index in [4.69, 9.17) is 0 Å². The molecule has 2 aromatic heterocycles. The number of benzene rings is 2. The standard InChI is InChI=1S/C20H16N4/c1-3-13-21-18(11-1)23-16-9-5-7-15-8-6-10-17(20(15)16)24-19-12-2-4-14-22-19/h1-14H,(H,21,23)(H,22,24). The van der Waals surface area contributed by atoms with E-state index < -0.39 is 0 Å². The minimum Gasteiger partial charge on any atom is -0.340 e. The smallest absolute Gasteiger partial charge is 0.130 e. The predicted octanol–water partition coefficient (Wildman–Crippen LogP) is 5.12. The Morgan fingerprint density at radius 2 is 1.08 bits per heavy atom. The molecule has 4 nitrogen and oxygen atoms in total. The number of hydrogen-bond donors (Lipinski definition) is 2. The van der Waals surface area contributed by atoms with Crippen LogP contribution in [0.4, 0.5) is 23.0 Å². The predicted molar refractivity (Wildman–Crippen MR) is 99.0 cm³/mol. The van der Waals surface area contributed by atoms with E-state index in [9.17, 15) is 0 Å². The van der Waals surface area contributed by atoms with Gasteiger partial charge in [-0.3, -0.25) is 0 Å². The molecule has 116 valence electrons. The number of anilines is 4. The van der Waals surface area contributed by atoms with Gasteiger partial charge in [0.25, 0.3) is 0 Å². The summed E-state index contributed by atoms with van der Waals surface area (Å²) >= 11 is 0. The second-order valence-electron chi connectivity index (χ2n) is 5.39. The summed E-state index contributed by atoms with van der Waals surface area (Å²) in [4.78, 5) is 8.70. The molecule has 0 aliphatic heterocycles. The second kappa shape index (κ2) is 6.38. The molecule has 0 fully saturated rings. The Bertz CT molecular complexity index is 877. The van der Waals surface area contributed by atoms with Crippen LogP contribution in [-0.4, -0.2) is 9.97 Å². The number of pyridine rings is 2. The van der Waals surface area contributed by atoms with Gasteiger partial charge in [0.2, 0.25) is 0 Å². The van der Waals surface area contributed by atoms with E-state index in [0.29, 0.717) is 0 Å². The van der Waals surface area contributed by atoms with Crippen molar-refractivity contribution in [1.29, 1.82) is 0 Å². The van der Waals surface area contributed by atoms with Crippen molar-refractivity contribution in [3.63, 3.8) is 0 Å². The summed E-state index contributed by atoms with van der Waals surface area (Å²) in [6.45, 7) is 0. The van der Waals surface area contributed by atoms with Gasteiger partial charge in [0.15, 0.2) is 0 Å². The molecule has 0 saturated heterocycles. The Labute approximate surface area is 140 Å². The van der Waals surface area contributed by atoms with Crippen LogP contribution in [0.2, 0.25) is 0 Å². The fourth-order valence-corrected chi connectivity index (χ4v) is 2.70. The van der Waals surface area contributed by atoms with E-state index in [2.05, 4.69) is 44.9 Å². The van der Waals surface area contributed by atoms with Crippen LogP contribution in [0.15, 0.2) is 85.2 Å². The molecule has 0 aliphatic rings. The van der Waals surface area contributed by atoms with Crippen molar-refractivity contribution >= 4 is 33.8 Å². The Balaban J connectivity index is 1.79. The first kappa shape index (κ1) is 14.2. The van der Waals surface area contributed by atoms with Crippen LogP contribution in [0.5, 0.6) is 0 Å². The Kier molecular flexibility index (Phi) is 3.78. The fraction of sp³-hybridized carbons (Fsp3) is 0. The van der Waals surface area contributed by atoms with Gasteiger partial charge in [-0.2, -0.15) is 0 Å². The van der Waals surface area contributed by atoms with Gasteiger partial charge in [-0.15, -0.1) is 0 Å². The number of hydrogen-bond acceptors (Lipinski definition) is 4. The first-order valence-corrected chi connectivity index (χ1v) is 7.78. The maximum Gasteiger partial charge on any atom is 0.130 e. The lowest BCUT2D eigenvalue weighted by Gasteiger charge is -2.14. The maximum absolute atomic E-state index is 4.35. The van der Waals surface area contributed by atoms with Crippen molar-refractivity contribution in [1.82, 2.24) is 9.97 Å². The zero-order valence-electron chi connectivity index (χ0n) is 13.0. The monoisotopic (exact) mass is 312 g/mol. The first-order valence-electron chi connectivity index (χ1n) is 7.78. The topological polar surface area (TPSA) is 49.8 Å². The summed E-state index contributed by atoms with van der Waals surface area (Å²) in [6, 6.07) is 24.0. The van der Waals surface area contributed by atoms with E-state index >= 15 is 0 Å². The number of nitrogens with one attached hydrogen (secondary N) is 2.